The molecule has 0 spiro atoms. The van der Waals surface area contributed by atoms with Crippen molar-refractivity contribution in [1.82, 2.24) is 0 Å². The van der Waals surface area contributed by atoms with Crippen LogP contribution >= 0.6 is 0 Å². The van der Waals surface area contributed by atoms with E-state index in [9.17, 15) is 18.4 Å². The maximum absolute atomic E-state index is 12.6. The van der Waals surface area contributed by atoms with Crippen LogP contribution in [-0.2, 0) is 6.18 Å². The summed E-state index contributed by atoms with van der Waals surface area (Å²) in [4.78, 5) is 0. The number of alkyl halides is 3. The summed E-state index contributed by atoms with van der Waals surface area (Å²) >= 11 is 0. The molecule has 0 heterocycles. The van der Waals surface area contributed by atoms with Crippen LogP contribution in [0.5, 0.6) is 11.5 Å². The average Bonchev–Trinajstić information content (AvgIpc) is 2.58. The van der Waals surface area contributed by atoms with Crippen molar-refractivity contribution in [1.29, 1.82) is 5.26 Å². The molecule has 0 aliphatic carbocycles. The third-order valence-corrected chi connectivity index (χ3v) is 3.33. The number of nitriles is 1. The number of rotatable bonds is 4. The summed E-state index contributed by atoms with van der Waals surface area (Å²) in [7, 11) is 2.98. The highest BCUT2D eigenvalue weighted by Crippen LogP contribution is 2.31. The van der Waals surface area contributed by atoms with Crippen molar-refractivity contribution in [3.63, 3.8) is 0 Å². The van der Waals surface area contributed by atoms with Gasteiger partial charge in [0.05, 0.1) is 31.4 Å². The third-order valence-electron chi connectivity index (χ3n) is 3.33. The Morgan fingerprint density at radius 3 is 1.96 bits per heavy atom. The fourth-order valence-electron chi connectivity index (χ4n) is 2.08. The lowest BCUT2D eigenvalue weighted by Crippen LogP contribution is -2.04. The largest absolute Gasteiger partial charge is 0.497 e. The number of ether oxygens (including phenoxy) is 2. The molecule has 6 heteroatoms. The zero-order valence-electron chi connectivity index (χ0n) is 13.0. The molecule has 2 aromatic carbocycles. The Bertz CT molecular complexity index is 765. The lowest BCUT2D eigenvalue weighted by atomic mass is 10.0. The van der Waals surface area contributed by atoms with Gasteiger partial charge in [-0.1, -0.05) is 12.1 Å². The Morgan fingerprint density at radius 2 is 1.54 bits per heavy atom. The second kappa shape index (κ2) is 7.09. The second-order valence-electron chi connectivity index (χ2n) is 4.89. The molecule has 0 atom stereocenters. The molecule has 124 valence electrons. The quantitative estimate of drug-likeness (QED) is 0.597. The fourth-order valence-corrected chi connectivity index (χ4v) is 2.08. The zero-order valence-corrected chi connectivity index (χ0v) is 13.0. The molecule has 0 aliphatic rings. The van der Waals surface area contributed by atoms with Crippen LogP contribution in [0.4, 0.5) is 13.2 Å². The first kappa shape index (κ1) is 17.4. The molecule has 0 saturated heterocycles. The molecule has 0 amide bonds. The SMILES string of the molecule is COc1cc(OC)cc(/C(C#N)=C/c2ccc(C(F)(F)F)cc2)c1. The topological polar surface area (TPSA) is 42.2 Å². The fraction of sp³-hybridized carbons (Fsp3) is 0.167. The molecule has 24 heavy (non-hydrogen) atoms. The minimum absolute atomic E-state index is 0.284. The standard InChI is InChI=1S/C18H14F3NO2/c1-23-16-8-13(9-17(10-16)24-2)14(11-22)7-12-3-5-15(6-4-12)18(19,20)21/h3-10H,1-2H3/b14-7+. The minimum Gasteiger partial charge on any atom is -0.497 e. The van der Waals surface area contributed by atoms with Crippen molar-refractivity contribution >= 4 is 11.6 Å². The summed E-state index contributed by atoms with van der Waals surface area (Å²) in [5.74, 6) is 1.02. The second-order valence-corrected chi connectivity index (χ2v) is 4.89. The van der Waals surface area contributed by atoms with E-state index in [4.69, 9.17) is 9.47 Å². The van der Waals surface area contributed by atoms with E-state index in [-0.39, 0.29) is 5.57 Å². The van der Waals surface area contributed by atoms with Gasteiger partial charge in [0.15, 0.2) is 0 Å². The van der Waals surface area contributed by atoms with Crippen LogP contribution in [0.15, 0.2) is 42.5 Å². The predicted molar refractivity (Wildman–Crippen MR) is 84.5 cm³/mol. The lowest BCUT2D eigenvalue weighted by Gasteiger charge is -2.08. The van der Waals surface area contributed by atoms with Gasteiger partial charge < -0.3 is 9.47 Å². The number of allylic oxidation sites excluding steroid dienone is 1. The van der Waals surface area contributed by atoms with Crippen LogP contribution in [0.2, 0.25) is 0 Å². The minimum atomic E-state index is -4.39. The molecule has 2 rings (SSSR count). The van der Waals surface area contributed by atoms with Crippen molar-refractivity contribution < 1.29 is 22.6 Å². The molecule has 0 saturated carbocycles. The van der Waals surface area contributed by atoms with Gasteiger partial charge in [-0.2, -0.15) is 18.4 Å². The molecular formula is C18H14F3NO2. The third kappa shape index (κ3) is 4.07. The lowest BCUT2D eigenvalue weighted by molar-refractivity contribution is -0.137. The molecule has 3 nitrogen and oxygen atoms in total. The Hall–Kier alpha value is -2.94. The average molecular weight is 333 g/mol. The normalized spacial score (nSPS) is 11.8. The molecule has 0 aromatic heterocycles. The van der Waals surface area contributed by atoms with E-state index in [2.05, 4.69) is 0 Å². The highest BCUT2D eigenvalue weighted by atomic mass is 19.4. The van der Waals surface area contributed by atoms with E-state index in [0.717, 1.165) is 12.1 Å². The van der Waals surface area contributed by atoms with E-state index >= 15 is 0 Å². The first-order valence-corrected chi connectivity index (χ1v) is 6.90. The van der Waals surface area contributed by atoms with Crippen LogP contribution in [0.3, 0.4) is 0 Å². The van der Waals surface area contributed by atoms with E-state index in [1.54, 1.807) is 18.2 Å². The maximum Gasteiger partial charge on any atom is 0.416 e. The molecule has 0 unspecified atom stereocenters. The Kier molecular flexibility index (Phi) is 5.14. The maximum atomic E-state index is 12.6. The Morgan fingerprint density at radius 1 is 1.00 bits per heavy atom. The number of halogens is 3. The van der Waals surface area contributed by atoms with Crippen LogP contribution in [0, 0.1) is 11.3 Å². The van der Waals surface area contributed by atoms with Crippen molar-refractivity contribution in [2.75, 3.05) is 14.2 Å². The molecule has 2 aromatic rings. The van der Waals surface area contributed by atoms with Crippen molar-refractivity contribution in [3.8, 4) is 17.6 Å². The van der Waals surface area contributed by atoms with Crippen LogP contribution in [0.1, 0.15) is 16.7 Å². The van der Waals surface area contributed by atoms with Gasteiger partial charge in [0, 0.05) is 6.07 Å². The monoisotopic (exact) mass is 333 g/mol. The van der Waals surface area contributed by atoms with E-state index in [0.29, 0.717) is 22.6 Å². The Balaban J connectivity index is 2.41. The number of hydrogen-bond acceptors (Lipinski definition) is 3. The van der Waals surface area contributed by atoms with Gasteiger partial charge in [-0.05, 0) is 41.5 Å². The number of benzene rings is 2. The molecule has 0 bridgehead atoms. The van der Waals surface area contributed by atoms with Gasteiger partial charge in [-0.15, -0.1) is 0 Å². The van der Waals surface area contributed by atoms with Crippen molar-refractivity contribution in [2.24, 2.45) is 0 Å². The number of nitrogens with zero attached hydrogens (tertiary/aromatic N) is 1. The highest BCUT2D eigenvalue weighted by molar-refractivity contribution is 5.90. The molecule has 0 fully saturated rings. The van der Waals surface area contributed by atoms with Crippen LogP contribution < -0.4 is 9.47 Å². The van der Waals surface area contributed by atoms with Crippen LogP contribution in [0.25, 0.3) is 11.6 Å². The van der Waals surface area contributed by atoms with Gasteiger partial charge in [0.25, 0.3) is 0 Å². The summed E-state index contributed by atoms with van der Waals surface area (Å²) < 4.78 is 48.1. The highest BCUT2D eigenvalue weighted by Gasteiger charge is 2.29. The van der Waals surface area contributed by atoms with E-state index in [1.165, 1.54) is 32.4 Å². The van der Waals surface area contributed by atoms with E-state index < -0.39 is 11.7 Å². The van der Waals surface area contributed by atoms with E-state index in [1.807, 2.05) is 6.07 Å². The predicted octanol–water partition coefficient (Wildman–Crippen LogP) is 4.79. The first-order valence-electron chi connectivity index (χ1n) is 6.90. The summed E-state index contributed by atoms with van der Waals surface area (Å²) in [5.41, 5.74) is 0.586. The van der Waals surface area contributed by atoms with Gasteiger partial charge in [-0.25, -0.2) is 0 Å². The zero-order chi connectivity index (χ0) is 17.7. The molecular weight excluding hydrogens is 319 g/mol. The molecule has 0 N–H and O–H groups in total. The first-order chi connectivity index (χ1) is 11.4. The van der Waals surface area contributed by atoms with Gasteiger partial charge in [-0.3, -0.25) is 0 Å². The molecule has 0 radical (unpaired) electrons. The number of hydrogen-bond donors (Lipinski definition) is 0. The summed E-state index contributed by atoms with van der Waals surface area (Å²) in [6, 6.07) is 11.6. The summed E-state index contributed by atoms with van der Waals surface area (Å²) in [6.45, 7) is 0. The van der Waals surface area contributed by atoms with Crippen LogP contribution in [-0.4, -0.2) is 14.2 Å². The Labute approximate surface area is 137 Å². The van der Waals surface area contributed by atoms with Gasteiger partial charge in [0.1, 0.15) is 11.5 Å². The number of methoxy groups -OCH3 is 2. The smallest absolute Gasteiger partial charge is 0.416 e. The van der Waals surface area contributed by atoms with Gasteiger partial charge in [0.2, 0.25) is 0 Å². The van der Waals surface area contributed by atoms with Crippen molar-refractivity contribution in [3.05, 3.63) is 59.2 Å². The molecule has 0 aliphatic heterocycles. The van der Waals surface area contributed by atoms with Gasteiger partial charge >= 0.3 is 6.18 Å². The van der Waals surface area contributed by atoms with Crippen molar-refractivity contribution in [2.45, 2.75) is 6.18 Å². The summed E-state index contributed by atoms with van der Waals surface area (Å²) in [5, 5.41) is 9.37. The summed E-state index contributed by atoms with van der Waals surface area (Å²) in [6.07, 6.45) is -2.88.